The van der Waals surface area contributed by atoms with Crippen molar-refractivity contribution in [3.8, 4) is 0 Å². The summed E-state index contributed by atoms with van der Waals surface area (Å²) in [4.78, 5) is 11.2. The van der Waals surface area contributed by atoms with Crippen LogP contribution in [-0.2, 0) is 15.0 Å². The molecule has 0 aromatic rings. The zero-order valence-corrected chi connectivity index (χ0v) is 12.0. The van der Waals surface area contributed by atoms with E-state index in [0.29, 0.717) is 13.1 Å². The average Bonchev–Trinajstić information content (AvgIpc) is 2.25. The Bertz CT molecular complexity index is 394. The Kier molecular flexibility index (Phi) is 4.74. The number of piperidine rings is 1. The molecule has 0 saturated carbocycles. The number of nitrogens with zero attached hydrogens (tertiary/aromatic N) is 1. The minimum absolute atomic E-state index is 0.464. The van der Waals surface area contributed by atoms with Crippen LogP contribution in [0.25, 0.3) is 0 Å². The lowest BCUT2D eigenvalue weighted by atomic mass is 9.88. The molecule has 0 radical (unpaired) electrons. The number of hydrogen-bond donors (Lipinski definition) is 2. The first kappa shape index (κ1) is 15.4. The summed E-state index contributed by atoms with van der Waals surface area (Å²) in [7, 11) is -3.71. The summed E-state index contributed by atoms with van der Waals surface area (Å²) in [5.41, 5.74) is -0.672. The topological polar surface area (TPSA) is 86.7 Å². The van der Waals surface area contributed by atoms with Gasteiger partial charge in [0, 0.05) is 13.1 Å². The van der Waals surface area contributed by atoms with E-state index in [2.05, 4.69) is 4.72 Å². The molecule has 2 N–H and O–H groups in total. The highest BCUT2D eigenvalue weighted by molar-refractivity contribution is 7.87. The van der Waals surface area contributed by atoms with Crippen molar-refractivity contribution in [1.29, 1.82) is 0 Å². The van der Waals surface area contributed by atoms with Crippen molar-refractivity contribution >= 4 is 16.2 Å². The van der Waals surface area contributed by atoms with Gasteiger partial charge in [-0.1, -0.05) is 27.2 Å². The van der Waals surface area contributed by atoms with Gasteiger partial charge in [0.1, 0.15) is 6.04 Å². The Morgan fingerprint density at radius 3 is 2.11 bits per heavy atom. The maximum Gasteiger partial charge on any atom is 0.322 e. The zero-order valence-electron chi connectivity index (χ0n) is 11.1. The summed E-state index contributed by atoms with van der Waals surface area (Å²) >= 11 is 0. The number of rotatable bonds is 4. The van der Waals surface area contributed by atoms with E-state index >= 15 is 0 Å². The van der Waals surface area contributed by atoms with Crippen molar-refractivity contribution in [3.63, 3.8) is 0 Å². The minimum atomic E-state index is -3.71. The Morgan fingerprint density at radius 2 is 1.72 bits per heavy atom. The van der Waals surface area contributed by atoms with Gasteiger partial charge in [-0.05, 0) is 18.3 Å². The number of aliphatic carboxylic acids is 1. The second kappa shape index (κ2) is 5.54. The molecule has 18 heavy (non-hydrogen) atoms. The summed E-state index contributed by atoms with van der Waals surface area (Å²) in [6.45, 7) is 6.02. The van der Waals surface area contributed by atoms with Crippen LogP contribution in [0.1, 0.15) is 40.0 Å². The fourth-order valence-electron chi connectivity index (χ4n) is 1.93. The van der Waals surface area contributed by atoms with Crippen molar-refractivity contribution in [1.82, 2.24) is 9.03 Å². The molecule has 1 atom stereocenters. The number of hydrogen-bond acceptors (Lipinski definition) is 3. The third-order valence-electron chi connectivity index (χ3n) is 3.03. The van der Waals surface area contributed by atoms with Gasteiger partial charge in [0.25, 0.3) is 10.2 Å². The average molecular weight is 278 g/mol. The molecule has 0 bridgehead atoms. The van der Waals surface area contributed by atoms with Gasteiger partial charge in [0.05, 0.1) is 0 Å². The maximum absolute atomic E-state index is 12.1. The fraction of sp³-hybridized carbons (Fsp3) is 0.909. The molecule has 0 amide bonds. The SMILES string of the molecule is CC(C)(C)[C@H](NS(=O)(=O)N1CCCCC1)C(=O)O. The number of carboxylic acid groups (broad SMARTS) is 1. The number of nitrogens with one attached hydrogen (secondary N) is 1. The molecule has 0 unspecified atom stereocenters. The summed E-state index contributed by atoms with van der Waals surface area (Å²) in [5.74, 6) is -1.15. The van der Waals surface area contributed by atoms with Crippen molar-refractivity contribution < 1.29 is 18.3 Å². The van der Waals surface area contributed by atoms with Crippen LogP contribution in [0.5, 0.6) is 0 Å². The monoisotopic (exact) mass is 278 g/mol. The van der Waals surface area contributed by atoms with E-state index < -0.39 is 27.6 Å². The van der Waals surface area contributed by atoms with E-state index in [0.717, 1.165) is 19.3 Å². The molecule has 106 valence electrons. The summed E-state index contributed by atoms with van der Waals surface area (Å²) in [6, 6.07) is -1.12. The largest absolute Gasteiger partial charge is 0.480 e. The van der Waals surface area contributed by atoms with Gasteiger partial charge in [-0.25, -0.2) is 0 Å². The van der Waals surface area contributed by atoms with Gasteiger partial charge in [0.15, 0.2) is 0 Å². The van der Waals surface area contributed by atoms with Crippen LogP contribution >= 0.6 is 0 Å². The van der Waals surface area contributed by atoms with E-state index in [1.165, 1.54) is 4.31 Å². The highest BCUT2D eigenvalue weighted by Gasteiger charge is 2.37. The van der Waals surface area contributed by atoms with Gasteiger partial charge in [0.2, 0.25) is 0 Å². The molecule has 1 aliphatic heterocycles. The lowest BCUT2D eigenvalue weighted by Gasteiger charge is -2.32. The number of carbonyl (C=O) groups is 1. The first-order valence-corrected chi connectivity index (χ1v) is 7.59. The third-order valence-corrected chi connectivity index (χ3v) is 4.61. The van der Waals surface area contributed by atoms with E-state index in [1.807, 2.05) is 0 Å². The highest BCUT2D eigenvalue weighted by Crippen LogP contribution is 2.21. The van der Waals surface area contributed by atoms with E-state index in [9.17, 15) is 13.2 Å². The zero-order chi connectivity index (χ0) is 14.0. The van der Waals surface area contributed by atoms with Crippen LogP contribution in [0.2, 0.25) is 0 Å². The fourth-order valence-corrected chi connectivity index (χ4v) is 3.57. The van der Waals surface area contributed by atoms with Crippen LogP contribution in [0, 0.1) is 5.41 Å². The Morgan fingerprint density at radius 1 is 1.22 bits per heavy atom. The van der Waals surface area contributed by atoms with E-state index in [4.69, 9.17) is 5.11 Å². The molecule has 0 aromatic carbocycles. The predicted octanol–water partition coefficient (Wildman–Crippen LogP) is 0.806. The molecule has 0 aromatic heterocycles. The maximum atomic E-state index is 12.1. The lowest BCUT2D eigenvalue weighted by Crippen LogP contribution is -2.54. The molecule has 1 rings (SSSR count). The lowest BCUT2D eigenvalue weighted by molar-refractivity contribution is -0.141. The Balaban J connectivity index is 2.82. The molecule has 1 aliphatic rings. The summed E-state index contributed by atoms with van der Waals surface area (Å²) < 4.78 is 27.8. The molecule has 0 spiro atoms. The van der Waals surface area contributed by atoms with Crippen LogP contribution < -0.4 is 4.72 Å². The van der Waals surface area contributed by atoms with Crippen molar-refractivity contribution in [2.24, 2.45) is 5.41 Å². The minimum Gasteiger partial charge on any atom is -0.480 e. The Hall–Kier alpha value is -0.660. The molecule has 7 heteroatoms. The second-order valence-corrected chi connectivity index (χ2v) is 7.42. The smallest absolute Gasteiger partial charge is 0.322 e. The summed E-state index contributed by atoms with van der Waals surface area (Å²) in [6.07, 6.45) is 2.68. The van der Waals surface area contributed by atoms with Crippen LogP contribution in [0.15, 0.2) is 0 Å². The predicted molar refractivity (Wildman–Crippen MR) is 68.4 cm³/mol. The van der Waals surface area contributed by atoms with Gasteiger partial charge in [-0.2, -0.15) is 17.4 Å². The van der Waals surface area contributed by atoms with Crippen molar-refractivity contribution in [2.45, 2.75) is 46.1 Å². The molecule has 1 fully saturated rings. The molecule has 1 saturated heterocycles. The van der Waals surface area contributed by atoms with Crippen LogP contribution in [0.4, 0.5) is 0 Å². The normalized spacial score (nSPS) is 20.6. The first-order valence-electron chi connectivity index (χ1n) is 6.15. The summed E-state index contributed by atoms with van der Waals surface area (Å²) in [5, 5.41) is 9.13. The second-order valence-electron chi connectivity index (χ2n) is 5.72. The van der Waals surface area contributed by atoms with Crippen molar-refractivity contribution in [3.05, 3.63) is 0 Å². The van der Waals surface area contributed by atoms with Gasteiger partial charge in [-0.3, -0.25) is 4.79 Å². The standard InChI is InChI=1S/C11H22N2O4S/c1-11(2,3)9(10(14)15)12-18(16,17)13-7-5-4-6-8-13/h9,12H,4-8H2,1-3H3,(H,14,15)/t9-/m1/s1. The quantitative estimate of drug-likeness (QED) is 0.796. The van der Waals surface area contributed by atoms with Crippen LogP contribution in [0.3, 0.4) is 0 Å². The molecule has 1 heterocycles. The van der Waals surface area contributed by atoms with E-state index in [1.54, 1.807) is 20.8 Å². The molecule has 6 nitrogen and oxygen atoms in total. The number of carboxylic acids is 1. The Labute approximate surface area is 109 Å². The van der Waals surface area contributed by atoms with Crippen molar-refractivity contribution in [2.75, 3.05) is 13.1 Å². The molecular weight excluding hydrogens is 256 g/mol. The van der Waals surface area contributed by atoms with E-state index in [-0.39, 0.29) is 0 Å². The third kappa shape index (κ3) is 3.93. The van der Waals surface area contributed by atoms with Crippen LogP contribution in [-0.4, -0.2) is 42.9 Å². The van der Waals surface area contributed by atoms with Gasteiger partial charge < -0.3 is 5.11 Å². The molecule has 0 aliphatic carbocycles. The molecular formula is C11H22N2O4S. The first-order chi connectivity index (χ1) is 8.14. The highest BCUT2D eigenvalue weighted by atomic mass is 32.2. The van der Waals surface area contributed by atoms with Gasteiger partial charge in [-0.15, -0.1) is 0 Å². The van der Waals surface area contributed by atoms with Gasteiger partial charge >= 0.3 is 5.97 Å².